The molecule has 7 heteroatoms. The molecule has 1 fully saturated rings. The number of carbonyl (C=O) groups excluding carboxylic acids is 1. The number of rotatable bonds is 12. The van der Waals surface area contributed by atoms with Crippen molar-refractivity contribution in [1.29, 1.82) is 5.26 Å². The Morgan fingerprint density at radius 1 is 1.03 bits per heavy atom. The Morgan fingerprint density at radius 2 is 1.69 bits per heavy atom. The number of unbranched alkanes of at least 4 members (excludes halogenated alkanes) is 2. The fraction of sp³-hybridized carbons (Fsp3) is 0.448. The molecule has 1 aliphatic heterocycles. The molecule has 0 atom stereocenters. The molecule has 0 saturated carbocycles. The van der Waals surface area contributed by atoms with Gasteiger partial charge in [-0.3, -0.25) is 9.69 Å². The minimum absolute atomic E-state index is 0.120. The number of hydrogen-bond donors (Lipinski definition) is 1. The predicted octanol–water partition coefficient (Wildman–Crippen LogP) is 5.10. The number of halogens is 1. The van der Waals surface area contributed by atoms with Crippen LogP contribution in [0.1, 0.15) is 44.2 Å². The van der Waals surface area contributed by atoms with Crippen LogP contribution < -0.4 is 10.1 Å². The summed E-state index contributed by atoms with van der Waals surface area (Å²) in [5.41, 5.74) is 2.39. The van der Waals surface area contributed by atoms with Gasteiger partial charge < -0.3 is 15.0 Å². The van der Waals surface area contributed by atoms with Crippen LogP contribution in [0.5, 0.6) is 5.75 Å². The second-order valence-electron chi connectivity index (χ2n) is 9.49. The molecule has 6 nitrogen and oxygen atoms in total. The van der Waals surface area contributed by atoms with E-state index < -0.39 is 0 Å². The molecular weight excluding hydrogens is 472 g/mol. The van der Waals surface area contributed by atoms with E-state index in [0.717, 1.165) is 68.9 Å². The van der Waals surface area contributed by atoms with Crippen LogP contribution in [0.3, 0.4) is 0 Å². The van der Waals surface area contributed by atoms with Crippen molar-refractivity contribution in [3.63, 3.8) is 0 Å². The van der Waals surface area contributed by atoms with E-state index in [1.165, 1.54) is 0 Å². The van der Waals surface area contributed by atoms with E-state index in [0.29, 0.717) is 23.7 Å². The van der Waals surface area contributed by atoms with Crippen LogP contribution >= 0.6 is 11.6 Å². The van der Waals surface area contributed by atoms with E-state index in [1.54, 1.807) is 12.1 Å². The zero-order valence-electron chi connectivity index (χ0n) is 21.4. The van der Waals surface area contributed by atoms with Gasteiger partial charge in [0.2, 0.25) is 5.91 Å². The Morgan fingerprint density at radius 3 is 2.33 bits per heavy atom. The molecule has 1 N–H and O–H groups in total. The molecule has 0 bridgehead atoms. The highest BCUT2D eigenvalue weighted by molar-refractivity contribution is 6.30. The van der Waals surface area contributed by atoms with Crippen LogP contribution in [0, 0.1) is 11.3 Å². The van der Waals surface area contributed by atoms with Gasteiger partial charge >= 0.3 is 0 Å². The summed E-state index contributed by atoms with van der Waals surface area (Å²) >= 11 is 5.94. The number of allylic oxidation sites excluding steroid dienone is 1. The van der Waals surface area contributed by atoms with Crippen molar-refractivity contribution in [3.05, 3.63) is 64.7 Å². The van der Waals surface area contributed by atoms with Crippen molar-refractivity contribution in [2.24, 2.45) is 0 Å². The molecular formula is C29H37ClN4O2. The number of nitrogens with zero attached hydrogens (tertiary/aromatic N) is 3. The van der Waals surface area contributed by atoms with Crippen molar-refractivity contribution in [2.45, 2.75) is 39.2 Å². The van der Waals surface area contributed by atoms with E-state index >= 15 is 0 Å². The van der Waals surface area contributed by atoms with E-state index in [4.69, 9.17) is 16.3 Å². The highest BCUT2D eigenvalue weighted by Gasteiger charge is 2.18. The minimum Gasteiger partial charge on any atom is -0.494 e. The highest BCUT2D eigenvalue weighted by Crippen LogP contribution is 2.21. The predicted molar refractivity (Wildman–Crippen MR) is 147 cm³/mol. The van der Waals surface area contributed by atoms with Gasteiger partial charge in [0, 0.05) is 37.2 Å². The van der Waals surface area contributed by atoms with Crippen molar-refractivity contribution in [3.8, 4) is 11.8 Å². The van der Waals surface area contributed by atoms with Crippen molar-refractivity contribution < 1.29 is 9.53 Å². The van der Waals surface area contributed by atoms with Crippen LogP contribution in [0.25, 0.3) is 11.6 Å². The van der Waals surface area contributed by atoms with Gasteiger partial charge in [0.15, 0.2) is 0 Å². The molecule has 2 aromatic rings. The molecule has 1 heterocycles. The molecule has 0 radical (unpaired) electrons. The third-order valence-electron chi connectivity index (χ3n) is 6.14. The standard InChI is InChI=1S/C29H37ClN4O2/c1-23(2)32-29(35)22-34-17-15-33(16-18-34)14-4-3-5-19-36-28-12-6-24(7-13-28)20-26(21-31)25-8-10-27(30)11-9-25/h6-13,20,23H,3-5,14-19,22H2,1-2H3,(H,32,35). The first-order valence-electron chi connectivity index (χ1n) is 12.8. The summed E-state index contributed by atoms with van der Waals surface area (Å²) in [4.78, 5) is 16.6. The number of ether oxygens (including phenoxy) is 1. The minimum atomic E-state index is 0.120. The maximum Gasteiger partial charge on any atom is 0.234 e. The molecule has 0 unspecified atom stereocenters. The van der Waals surface area contributed by atoms with Gasteiger partial charge in [0.05, 0.1) is 24.8 Å². The van der Waals surface area contributed by atoms with Crippen LogP contribution in [0.2, 0.25) is 5.02 Å². The molecule has 3 rings (SSSR count). The highest BCUT2D eigenvalue weighted by atomic mass is 35.5. The second-order valence-corrected chi connectivity index (χ2v) is 9.93. The van der Waals surface area contributed by atoms with E-state index in [2.05, 4.69) is 21.2 Å². The topological polar surface area (TPSA) is 68.6 Å². The quantitative estimate of drug-likeness (QED) is 0.245. The maximum absolute atomic E-state index is 11.9. The number of carbonyl (C=O) groups is 1. The summed E-state index contributed by atoms with van der Waals surface area (Å²) in [5.74, 6) is 0.962. The van der Waals surface area contributed by atoms with E-state index in [-0.39, 0.29) is 11.9 Å². The molecule has 2 aromatic carbocycles. The lowest BCUT2D eigenvalue weighted by atomic mass is 10.0. The number of hydrogen-bond acceptors (Lipinski definition) is 5. The van der Waals surface area contributed by atoms with Crippen LogP contribution in [-0.2, 0) is 4.79 Å². The SMILES string of the molecule is CC(C)NC(=O)CN1CCN(CCCCCOc2ccc(C=C(C#N)c3ccc(Cl)cc3)cc2)CC1. The van der Waals surface area contributed by atoms with Crippen LogP contribution in [0.4, 0.5) is 0 Å². The Hall–Kier alpha value is -2.85. The Kier molecular flexibility index (Phi) is 11.3. The largest absolute Gasteiger partial charge is 0.494 e. The maximum atomic E-state index is 11.9. The molecule has 0 aromatic heterocycles. The van der Waals surface area contributed by atoms with Crippen molar-refractivity contribution in [2.75, 3.05) is 45.9 Å². The third-order valence-corrected chi connectivity index (χ3v) is 6.39. The molecule has 36 heavy (non-hydrogen) atoms. The summed E-state index contributed by atoms with van der Waals surface area (Å²) in [6, 6.07) is 17.6. The number of benzene rings is 2. The van der Waals surface area contributed by atoms with Crippen molar-refractivity contribution in [1.82, 2.24) is 15.1 Å². The number of nitrogens with one attached hydrogen (secondary N) is 1. The lowest BCUT2D eigenvalue weighted by molar-refractivity contribution is -0.123. The first-order valence-corrected chi connectivity index (χ1v) is 13.2. The molecule has 192 valence electrons. The van der Waals surface area contributed by atoms with Crippen molar-refractivity contribution >= 4 is 29.2 Å². The average Bonchev–Trinajstić information content (AvgIpc) is 2.86. The summed E-state index contributed by atoms with van der Waals surface area (Å²) < 4.78 is 5.90. The summed E-state index contributed by atoms with van der Waals surface area (Å²) in [5, 5.41) is 13.1. The normalized spacial score (nSPS) is 15.0. The summed E-state index contributed by atoms with van der Waals surface area (Å²) in [6.07, 6.45) is 5.17. The van der Waals surface area contributed by atoms with E-state index in [1.807, 2.05) is 56.3 Å². The summed E-state index contributed by atoms with van der Waals surface area (Å²) in [6.45, 7) is 10.2. The fourth-order valence-electron chi connectivity index (χ4n) is 4.18. The zero-order chi connectivity index (χ0) is 25.8. The van der Waals surface area contributed by atoms with Gasteiger partial charge in [-0.15, -0.1) is 0 Å². The second kappa shape index (κ2) is 14.6. The average molecular weight is 509 g/mol. The van der Waals surface area contributed by atoms with Gasteiger partial charge in [-0.25, -0.2) is 0 Å². The lowest BCUT2D eigenvalue weighted by Crippen LogP contribution is -2.50. The number of nitriles is 1. The molecule has 1 amide bonds. The summed E-state index contributed by atoms with van der Waals surface area (Å²) in [7, 11) is 0. The van der Waals surface area contributed by atoms with Gasteiger partial charge in [-0.05, 0) is 81.1 Å². The fourth-order valence-corrected chi connectivity index (χ4v) is 4.31. The van der Waals surface area contributed by atoms with Gasteiger partial charge in [0.1, 0.15) is 5.75 Å². The Bertz CT molecular complexity index is 1020. The Labute approximate surface area is 220 Å². The van der Waals surface area contributed by atoms with Gasteiger partial charge in [-0.1, -0.05) is 35.9 Å². The molecule has 1 aliphatic rings. The Balaban J connectivity index is 1.30. The molecule has 1 saturated heterocycles. The first kappa shape index (κ1) is 27.7. The van der Waals surface area contributed by atoms with Gasteiger partial charge in [0.25, 0.3) is 0 Å². The molecule has 0 aliphatic carbocycles. The number of amides is 1. The third kappa shape index (κ3) is 9.66. The van der Waals surface area contributed by atoms with Gasteiger partial charge in [-0.2, -0.15) is 5.26 Å². The zero-order valence-corrected chi connectivity index (χ0v) is 22.1. The lowest BCUT2D eigenvalue weighted by Gasteiger charge is -2.34. The van der Waals surface area contributed by atoms with E-state index in [9.17, 15) is 10.1 Å². The monoisotopic (exact) mass is 508 g/mol. The molecule has 0 spiro atoms. The van der Waals surface area contributed by atoms with Crippen LogP contribution in [-0.4, -0.2) is 67.6 Å². The van der Waals surface area contributed by atoms with Crippen LogP contribution in [0.15, 0.2) is 48.5 Å². The number of piperazine rings is 1. The first-order chi connectivity index (χ1) is 17.4. The smallest absolute Gasteiger partial charge is 0.234 e.